The molecule has 1 amide bonds. The summed E-state index contributed by atoms with van der Waals surface area (Å²) in [6.45, 7) is 23.2. The van der Waals surface area contributed by atoms with Crippen LogP contribution in [0.3, 0.4) is 0 Å². The van der Waals surface area contributed by atoms with Crippen molar-refractivity contribution in [1.29, 1.82) is 0 Å². The van der Waals surface area contributed by atoms with Crippen molar-refractivity contribution < 1.29 is 52.7 Å². The van der Waals surface area contributed by atoms with E-state index in [1.54, 1.807) is 52.7 Å². The third kappa shape index (κ3) is 16.4. The van der Waals surface area contributed by atoms with E-state index in [0.717, 1.165) is 100 Å². The average Bonchev–Trinajstić information content (AvgIpc) is 1.62. The number of carboxylic acid groups (broad SMARTS) is 1. The molecule has 0 aliphatic rings. The topological polar surface area (TPSA) is 192 Å². The van der Waals surface area contributed by atoms with E-state index in [-0.39, 0.29) is 23.9 Å². The maximum Gasteiger partial charge on any atom is 0.339 e. The molecule has 8 aromatic carbocycles. The molecule has 2 heterocycles. The average molecular weight is 1240 g/mol. The van der Waals surface area contributed by atoms with E-state index in [1.807, 2.05) is 177 Å². The quantitative estimate of drug-likeness (QED) is 0.0732. The minimum Gasteiger partial charge on any atom is -0.497 e. The molecule has 478 valence electrons. The number of aromatic nitrogens is 2. The number of carbonyl (C=O) groups is 4. The second-order valence-electron chi connectivity index (χ2n) is 24.6. The summed E-state index contributed by atoms with van der Waals surface area (Å²) < 4.78 is 36.6. The van der Waals surface area contributed by atoms with Gasteiger partial charge in [-0.3, -0.25) is 4.79 Å². The van der Waals surface area contributed by atoms with Crippen molar-refractivity contribution in [2.75, 3.05) is 28.4 Å². The molecule has 92 heavy (non-hydrogen) atoms. The van der Waals surface area contributed by atoms with Crippen LogP contribution in [0.25, 0.3) is 44.1 Å². The maximum atomic E-state index is 13.3. The van der Waals surface area contributed by atoms with E-state index < -0.39 is 17.2 Å². The van der Waals surface area contributed by atoms with Crippen LogP contribution in [0.4, 0.5) is 0 Å². The van der Waals surface area contributed by atoms with Crippen LogP contribution in [0.1, 0.15) is 141 Å². The molecule has 0 unspecified atom stereocenters. The summed E-state index contributed by atoms with van der Waals surface area (Å²) >= 11 is 0. The number of amides is 1. The molecule has 0 saturated carbocycles. The first-order valence-corrected chi connectivity index (χ1v) is 30.4. The van der Waals surface area contributed by atoms with Gasteiger partial charge in [-0.2, -0.15) is 0 Å². The van der Waals surface area contributed by atoms with E-state index >= 15 is 0 Å². The number of nitrogens with zero attached hydrogens (tertiary/aromatic N) is 2. The Kier molecular flexibility index (Phi) is 21.5. The minimum atomic E-state index is -0.922. The number of methoxy groups -OCH3 is 4. The van der Waals surface area contributed by atoms with Crippen molar-refractivity contribution in [2.24, 2.45) is 5.73 Å². The fourth-order valence-corrected chi connectivity index (χ4v) is 10.8. The number of benzene rings is 8. The summed E-state index contributed by atoms with van der Waals surface area (Å²) in [4.78, 5) is 50.4. The number of nitrogens with one attached hydrogen (secondary N) is 1. The van der Waals surface area contributed by atoms with Gasteiger partial charge in [0.25, 0.3) is 5.91 Å². The van der Waals surface area contributed by atoms with Gasteiger partial charge in [0.1, 0.15) is 34.2 Å². The van der Waals surface area contributed by atoms with E-state index in [2.05, 4.69) is 59.5 Å². The number of aromatic carboxylic acids is 1. The third-order valence-electron chi connectivity index (χ3n) is 16.0. The van der Waals surface area contributed by atoms with Crippen molar-refractivity contribution >= 4 is 45.6 Å². The lowest BCUT2D eigenvalue weighted by Gasteiger charge is -2.20. The highest BCUT2D eigenvalue weighted by atomic mass is 16.6. The van der Waals surface area contributed by atoms with Crippen molar-refractivity contribution in [3.05, 3.63) is 237 Å². The smallest absolute Gasteiger partial charge is 0.339 e. The predicted molar refractivity (Wildman–Crippen MR) is 365 cm³/mol. The molecule has 0 fully saturated rings. The van der Waals surface area contributed by atoms with Crippen LogP contribution in [-0.2, 0) is 29.1 Å². The SMILES string of the molecule is COc1cc(CN)cc(OC)c1.COc1cc(OC)cc([C@H](C)NC(=O)c2ccc3c(c2)c(C)c(C)n3Cc2ccc(-c3ccccc3C(=O)OC(C)(C)C)cc2)c1.Cc1c(C)n(Cc2ccc(-c3ccccc3C(=O)OC(C)(C)C)cc2)c2ccc(C(=O)O)cc12. The van der Waals surface area contributed by atoms with Gasteiger partial charge in [-0.05, 0) is 205 Å². The molecule has 4 N–H and O–H groups in total. The van der Waals surface area contributed by atoms with Gasteiger partial charge in [0.05, 0.1) is 51.2 Å². The number of hydrogen-bond acceptors (Lipinski definition) is 11. The number of carbonyl (C=O) groups excluding carboxylic acids is 3. The maximum absolute atomic E-state index is 13.3. The first-order valence-electron chi connectivity index (χ1n) is 30.4. The zero-order chi connectivity index (χ0) is 66.8. The van der Waals surface area contributed by atoms with E-state index in [4.69, 9.17) is 34.2 Å². The van der Waals surface area contributed by atoms with Gasteiger partial charge in [0.2, 0.25) is 0 Å². The van der Waals surface area contributed by atoms with E-state index in [0.29, 0.717) is 53.4 Å². The third-order valence-corrected chi connectivity index (χ3v) is 16.0. The Labute approximate surface area is 539 Å². The molecule has 0 radical (unpaired) electrons. The lowest BCUT2D eigenvalue weighted by atomic mass is 9.98. The fourth-order valence-electron chi connectivity index (χ4n) is 10.8. The van der Waals surface area contributed by atoms with E-state index in [1.165, 1.54) is 0 Å². The lowest BCUT2D eigenvalue weighted by Crippen LogP contribution is -2.26. The molecule has 15 heteroatoms. The summed E-state index contributed by atoms with van der Waals surface area (Å²) in [7, 11) is 6.46. The molecule has 0 bridgehead atoms. The van der Waals surface area contributed by atoms with Gasteiger partial charge in [-0.25, -0.2) is 14.4 Å². The molecular formula is C77H84N4O11. The van der Waals surface area contributed by atoms with Gasteiger partial charge in [0, 0.05) is 70.5 Å². The summed E-state index contributed by atoms with van der Waals surface area (Å²) in [6.07, 6.45) is 0. The number of aryl methyl sites for hydroxylation is 2. The fraction of sp³-hybridized carbons (Fsp3) is 0.273. The Balaban J connectivity index is 0.000000206. The number of carboxylic acids is 1. The van der Waals surface area contributed by atoms with Crippen molar-refractivity contribution in [3.63, 3.8) is 0 Å². The summed E-state index contributed by atoms with van der Waals surface area (Å²) in [5.74, 6) is 1.15. The lowest BCUT2D eigenvalue weighted by molar-refractivity contribution is 0.00578. The van der Waals surface area contributed by atoms with Gasteiger partial charge >= 0.3 is 17.9 Å². The van der Waals surface area contributed by atoms with E-state index in [9.17, 15) is 24.3 Å². The highest BCUT2D eigenvalue weighted by Gasteiger charge is 2.24. The van der Waals surface area contributed by atoms with Crippen LogP contribution in [0.15, 0.2) is 170 Å². The van der Waals surface area contributed by atoms with Crippen LogP contribution < -0.4 is 30.0 Å². The molecule has 0 saturated heterocycles. The first-order chi connectivity index (χ1) is 43.7. The minimum absolute atomic E-state index is 0.150. The standard InChI is InChI=1S/C39H42N2O5.C29H29NO4.C9H13NO2/c1-24-26(3)41(23-27-13-15-28(16-14-27)33-11-9-10-12-34(33)38(43)46-39(4,5)6)36-18-17-29(21-35(24)36)37(42)40-25(2)30-19-31(44-7)22-32(20-30)45-8;1-18-19(2)30(26-15-14-22(27(31)32)16-25(18)26)17-20-10-12-21(13-11-20)23-8-6-7-9-24(23)28(33)34-29(3,4)5;1-11-8-3-7(6-10)4-9(5-8)12-2/h9-22,25H,23H2,1-8H3,(H,40,42);6-16H,17H2,1-5H3,(H,31,32);3-5H,6,10H2,1-2H3/t25-;;/m0../s1. The van der Waals surface area contributed by atoms with Gasteiger partial charge in [-0.15, -0.1) is 0 Å². The highest BCUT2D eigenvalue weighted by molar-refractivity contribution is 6.01. The van der Waals surface area contributed by atoms with Crippen molar-refractivity contribution in [1.82, 2.24) is 14.5 Å². The molecule has 10 aromatic rings. The number of esters is 2. The molecule has 15 nitrogen and oxygen atoms in total. The highest BCUT2D eigenvalue weighted by Crippen LogP contribution is 2.34. The van der Waals surface area contributed by atoms with Crippen LogP contribution >= 0.6 is 0 Å². The molecule has 0 aliphatic heterocycles. The predicted octanol–water partition coefficient (Wildman–Crippen LogP) is 16.2. The van der Waals surface area contributed by atoms with Crippen LogP contribution in [0.5, 0.6) is 23.0 Å². The first kappa shape index (κ1) is 67.8. The second kappa shape index (κ2) is 29.2. The Morgan fingerprint density at radius 1 is 0.489 bits per heavy atom. The van der Waals surface area contributed by atoms with Crippen molar-refractivity contribution in [3.8, 4) is 45.3 Å². The molecule has 1 atom stereocenters. The normalized spacial score (nSPS) is 11.6. The zero-order valence-electron chi connectivity index (χ0n) is 55.4. The Morgan fingerprint density at radius 2 is 0.870 bits per heavy atom. The summed E-state index contributed by atoms with van der Waals surface area (Å²) in [5.41, 5.74) is 20.6. The second-order valence-corrected chi connectivity index (χ2v) is 24.6. The summed E-state index contributed by atoms with van der Waals surface area (Å²) in [6, 6.07) is 53.6. The Hall–Kier alpha value is -10.1. The Morgan fingerprint density at radius 3 is 1.25 bits per heavy atom. The molecule has 10 rings (SSSR count). The number of ether oxygens (including phenoxy) is 6. The molecule has 0 spiro atoms. The van der Waals surface area contributed by atoms with Crippen LogP contribution in [0.2, 0.25) is 0 Å². The largest absolute Gasteiger partial charge is 0.497 e. The monoisotopic (exact) mass is 1240 g/mol. The van der Waals surface area contributed by atoms with Crippen LogP contribution in [0, 0.1) is 27.7 Å². The Bertz CT molecular complexity index is 4220. The number of fused-ring (bicyclic) bond motifs is 2. The number of rotatable bonds is 17. The number of hydrogen-bond donors (Lipinski definition) is 3. The molecule has 2 aromatic heterocycles. The zero-order valence-corrected chi connectivity index (χ0v) is 55.4. The summed E-state index contributed by atoms with van der Waals surface area (Å²) in [5, 5.41) is 14.5. The molecule has 0 aliphatic carbocycles. The van der Waals surface area contributed by atoms with Gasteiger partial charge in [0.15, 0.2) is 0 Å². The van der Waals surface area contributed by atoms with Gasteiger partial charge in [-0.1, -0.05) is 84.9 Å². The van der Waals surface area contributed by atoms with Crippen molar-refractivity contribution in [2.45, 2.75) is 113 Å². The number of nitrogens with two attached hydrogens (primary N) is 1. The van der Waals surface area contributed by atoms with Gasteiger partial charge < -0.3 is 53.7 Å². The van der Waals surface area contributed by atoms with Crippen LogP contribution in [-0.4, -0.2) is 77.7 Å². The molecular weight excluding hydrogens is 1160 g/mol.